The van der Waals surface area contributed by atoms with Crippen molar-refractivity contribution in [2.75, 3.05) is 25.1 Å². The number of nitrogens with one attached hydrogen (secondary N) is 2. The zero-order valence-electron chi connectivity index (χ0n) is 11.4. The van der Waals surface area contributed by atoms with Gasteiger partial charge in [-0.25, -0.2) is 9.59 Å². The maximum atomic E-state index is 11.8. The van der Waals surface area contributed by atoms with E-state index in [1.807, 2.05) is 0 Å². The van der Waals surface area contributed by atoms with Gasteiger partial charge in [0.2, 0.25) is 0 Å². The monoisotopic (exact) mass is 356 g/mol. The molecule has 0 radical (unpaired) electrons. The first-order valence-electron chi connectivity index (χ1n) is 6.71. The third kappa shape index (κ3) is 4.71. The lowest BCUT2D eigenvalue weighted by Gasteiger charge is -2.12. The molecule has 1 saturated heterocycles. The molecule has 0 saturated carbocycles. The van der Waals surface area contributed by atoms with Crippen LogP contribution in [0.25, 0.3) is 0 Å². The molecule has 1 unspecified atom stereocenters. The molecule has 114 valence electrons. The fraction of sp³-hybridized carbons (Fsp3) is 0.429. The summed E-state index contributed by atoms with van der Waals surface area (Å²) in [7, 11) is 0. The summed E-state index contributed by atoms with van der Waals surface area (Å²) in [6.07, 6.45) is 1.88. The van der Waals surface area contributed by atoms with Gasteiger partial charge >= 0.3 is 12.0 Å². The lowest BCUT2D eigenvalue weighted by atomic mass is 10.1. The number of carboxylic acid groups (broad SMARTS) is 1. The number of urea groups is 1. The van der Waals surface area contributed by atoms with Gasteiger partial charge in [0.05, 0.1) is 11.3 Å². The third-order valence-corrected chi connectivity index (χ3v) is 3.82. The highest BCUT2D eigenvalue weighted by molar-refractivity contribution is 9.10. The number of rotatable bonds is 5. The molecule has 0 aliphatic carbocycles. The fourth-order valence-electron chi connectivity index (χ4n) is 2.17. The fourth-order valence-corrected chi connectivity index (χ4v) is 2.53. The Morgan fingerprint density at radius 1 is 1.43 bits per heavy atom. The Morgan fingerprint density at radius 2 is 2.24 bits per heavy atom. The average Bonchev–Trinajstić information content (AvgIpc) is 2.91. The summed E-state index contributed by atoms with van der Waals surface area (Å²) in [5.74, 6) is -0.591. The molecule has 2 amide bonds. The van der Waals surface area contributed by atoms with Gasteiger partial charge in [0.15, 0.2) is 0 Å². The van der Waals surface area contributed by atoms with Crippen LogP contribution in [0.1, 0.15) is 23.2 Å². The van der Waals surface area contributed by atoms with Gasteiger partial charge in [-0.2, -0.15) is 0 Å². The molecule has 1 aliphatic rings. The van der Waals surface area contributed by atoms with Crippen molar-refractivity contribution >= 4 is 33.6 Å². The van der Waals surface area contributed by atoms with Crippen LogP contribution >= 0.6 is 15.9 Å². The lowest BCUT2D eigenvalue weighted by molar-refractivity contribution is 0.0698. The SMILES string of the molecule is O=C(NCCC1CCOC1)Nc1cc(Br)ccc1C(=O)O. The molecule has 21 heavy (non-hydrogen) atoms. The minimum atomic E-state index is -1.08. The number of anilines is 1. The maximum Gasteiger partial charge on any atom is 0.337 e. The minimum Gasteiger partial charge on any atom is -0.478 e. The standard InChI is InChI=1S/C14H17BrN2O4/c15-10-1-2-11(13(18)19)12(7-10)17-14(20)16-5-3-9-4-6-21-8-9/h1-2,7,9H,3-6,8H2,(H,18,19)(H2,16,17,20). The molecule has 1 heterocycles. The summed E-state index contributed by atoms with van der Waals surface area (Å²) < 4.78 is 5.97. The van der Waals surface area contributed by atoms with Crippen LogP contribution in [0.15, 0.2) is 22.7 Å². The van der Waals surface area contributed by atoms with Crippen molar-refractivity contribution in [3.63, 3.8) is 0 Å². The van der Waals surface area contributed by atoms with Gasteiger partial charge in [0.25, 0.3) is 0 Å². The molecule has 1 aromatic carbocycles. The van der Waals surface area contributed by atoms with Gasteiger partial charge in [-0.3, -0.25) is 0 Å². The van der Waals surface area contributed by atoms with Gasteiger partial charge in [-0.1, -0.05) is 15.9 Å². The summed E-state index contributed by atoms with van der Waals surface area (Å²) in [6, 6.07) is 4.22. The number of ether oxygens (including phenoxy) is 1. The normalized spacial score (nSPS) is 17.5. The highest BCUT2D eigenvalue weighted by atomic mass is 79.9. The van der Waals surface area contributed by atoms with Crippen LogP contribution in [0, 0.1) is 5.92 Å². The minimum absolute atomic E-state index is 0.0533. The van der Waals surface area contributed by atoms with Crippen molar-refractivity contribution in [2.24, 2.45) is 5.92 Å². The second-order valence-electron chi connectivity index (χ2n) is 4.89. The molecule has 0 bridgehead atoms. The number of hydrogen-bond acceptors (Lipinski definition) is 3. The number of hydrogen-bond donors (Lipinski definition) is 3. The Bertz CT molecular complexity index is 530. The molecule has 3 N–H and O–H groups in total. The molecule has 6 nitrogen and oxygen atoms in total. The van der Waals surface area contributed by atoms with Gasteiger partial charge in [0.1, 0.15) is 0 Å². The molecular formula is C14H17BrN2O4. The van der Waals surface area contributed by atoms with E-state index in [0.29, 0.717) is 16.9 Å². The number of halogens is 1. The van der Waals surface area contributed by atoms with Crippen LogP contribution in [0.3, 0.4) is 0 Å². The lowest BCUT2D eigenvalue weighted by Crippen LogP contribution is -2.31. The summed E-state index contributed by atoms with van der Waals surface area (Å²) >= 11 is 3.25. The zero-order valence-corrected chi connectivity index (χ0v) is 13.0. The van der Waals surface area contributed by atoms with E-state index in [1.165, 1.54) is 6.07 Å². The molecule has 1 atom stereocenters. The quantitative estimate of drug-likeness (QED) is 0.756. The first-order chi connectivity index (χ1) is 10.1. The van der Waals surface area contributed by atoms with Crippen LogP contribution in [-0.2, 0) is 4.74 Å². The van der Waals surface area contributed by atoms with E-state index >= 15 is 0 Å². The Kier molecular flexibility index (Phi) is 5.58. The van der Waals surface area contributed by atoms with E-state index in [1.54, 1.807) is 12.1 Å². The van der Waals surface area contributed by atoms with E-state index in [-0.39, 0.29) is 11.3 Å². The van der Waals surface area contributed by atoms with Crippen molar-refractivity contribution in [1.29, 1.82) is 0 Å². The summed E-state index contributed by atoms with van der Waals surface area (Å²) in [5, 5.41) is 14.4. The molecular weight excluding hydrogens is 340 g/mol. The highest BCUT2D eigenvalue weighted by Crippen LogP contribution is 2.21. The summed E-state index contributed by atoms with van der Waals surface area (Å²) in [4.78, 5) is 22.9. The molecule has 1 fully saturated rings. The number of carbonyl (C=O) groups is 2. The second kappa shape index (κ2) is 7.42. The van der Waals surface area contributed by atoms with Crippen LogP contribution in [-0.4, -0.2) is 36.9 Å². The molecule has 1 aromatic rings. The van der Waals surface area contributed by atoms with Gasteiger partial charge in [-0.05, 0) is 37.0 Å². The molecule has 0 spiro atoms. The van der Waals surface area contributed by atoms with Gasteiger partial charge in [-0.15, -0.1) is 0 Å². The Labute approximate surface area is 131 Å². The Hall–Kier alpha value is -1.60. The molecule has 2 rings (SSSR count). The number of benzene rings is 1. The largest absolute Gasteiger partial charge is 0.478 e. The Balaban J connectivity index is 1.86. The predicted octanol–water partition coefficient (Wildman–Crippen LogP) is 2.70. The molecule has 0 aromatic heterocycles. The second-order valence-corrected chi connectivity index (χ2v) is 5.81. The highest BCUT2D eigenvalue weighted by Gasteiger charge is 2.16. The molecule has 7 heteroatoms. The van der Waals surface area contributed by atoms with Crippen molar-refractivity contribution < 1.29 is 19.4 Å². The van der Waals surface area contributed by atoms with Crippen molar-refractivity contribution in [1.82, 2.24) is 5.32 Å². The van der Waals surface area contributed by atoms with E-state index < -0.39 is 12.0 Å². The molecule has 1 aliphatic heterocycles. The van der Waals surface area contributed by atoms with Crippen molar-refractivity contribution in [2.45, 2.75) is 12.8 Å². The van der Waals surface area contributed by atoms with Gasteiger partial charge < -0.3 is 20.5 Å². The third-order valence-electron chi connectivity index (χ3n) is 3.32. The number of carboxylic acids is 1. The smallest absolute Gasteiger partial charge is 0.337 e. The predicted molar refractivity (Wildman–Crippen MR) is 81.7 cm³/mol. The average molecular weight is 357 g/mol. The number of amides is 2. The van der Waals surface area contributed by atoms with Crippen LogP contribution < -0.4 is 10.6 Å². The summed E-state index contributed by atoms with van der Waals surface area (Å²) in [5.41, 5.74) is 0.316. The maximum absolute atomic E-state index is 11.8. The topological polar surface area (TPSA) is 87.7 Å². The van der Waals surface area contributed by atoms with Crippen LogP contribution in [0.5, 0.6) is 0 Å². The van der Waals surface area contributed by atoms with Crippen LogP contribution in [0.4, 0.5) is 10.5 Å². The number of aromatic carboxylic acids is 1. The van der Waals surface area contributed by atoms with E-state index in [9.17, 15) is 9.59 Å². The number of carbonyl (C=O) groups excluding carboxylic acids is 1. The zero-order chi connectivity index (χ0) is 15.2. The first kappa shape index (κ1) is 15.8. The van der Waals surface area contributed by atoms with Crippen molar-refractivity contribution in [3.05, 3.63) is 28.2 Å². The van der Waals surface area contributed by atoms with E-state index in [2.05, 4.69) is 26.6 Å². The first-order valence-corrected chi connectivity index (χ1v) is 7.51. The van der Waals surface area contributed by atoms with Crippen molar-refractivity contribution in [3.8, 4) is 0 Å². The van der Waals surface area contributed by atoms with Gasteiger partial charge in [0, 0.05) is 24.2 Å². The van der Waals surface area contributed by atoms with E-state index in [0.717, 1.165) is 26.1 Å². The summed E-state index contributed by atoms with van der Waals surface area (Å²) in [6.45, 7) is 2.07. The van der Waals surface area contributed by atoms with Crippen LogP contribution in [0.2, 0.25) is 0 Å². The van der Waals surface area contributed by atoms with E-state index in [4.69, 9.17) is 9.84 Å². The Morgan fingerprint density at radius 3 is 2.90 bits per heavy atom.